The van der Waals surface area contributed by atoms with E-state index in [0.717, 1.165) is 40.6 Å². The summed E-state index contributed by atoms with van der Waals surface area (Å²) >= 11 is 6.00. The molecule has 2 aromatic rings. The summed E-state index contributed by atoms with van der Waals surface area (Å²) in [6.45, 7) is 2.71. The van der Waals surface area contributed by atoms with Gasteiger partial charge in [-0.2, -0.15) is 0 Å². The Morgan fingerprint density at radius 3 is 2.88 bits per heavy atom. The Morgan fingerprint density at radius 2 is 2.24 bits per heavy atom. The van der Waals surface area contributed by atoms with E-state index in [9.17, 15) is 0 Å². The molecule has 0 aliphatic carbocycles. The van der Waals surface area contributed by atoms with Gasteiger partial charge in [0.15, 0.2) is 0 Å². The van der Waals surface area contributed by atoms with Gasteiger partial charge in [0.1, 0.15) is 5.82 Å². The highest BCUT2D eigenvalue weighted by molar-refractivity contribution is 6.30. The number of nitrogens with two attached hydrogens (primary N) is 1. The first-order chi connectivity index (χ1) is 8.24. The van der Waals surface area contributed by atoms with Gasteiger partial charge in [0, 0.05) is 22.7 Å². The van der Waals surface area contributed by atoms with Crippen molar-refractivity contribution in [2.45, 2.75) is 19.8 Å². The number of hydrogen-bond acceptors (Lipinski definition) is 2. The highest BCUT2D eigenvalue weighted by atomic mass is 35.5. The van der Waals surface area contributed by atoms with Crippen molar-refractivity contribution in [1.82, 2.24) is 9.97 Å². The van der Waals surface area contributed by atoms with Gasteiger partial charge >= 0.3 is 0 Å². The number of nitrogens with one attached hydrogen (secondary N) is 1. The predicted molar refractivity (Wildman–Crippen MR) is 71.2 cm³/mol. The smallest absolute Gasteiger partial charge is 0.108 e. The van der Waals surface area contributed by atoms with Crippen LogP contribution in [-0.2, 0) is 12.8 Å². The fourth-order valence-electron chi connectivity index (χ4n) is 1.85. The van der Waals surface area contributed by atoms with E-state index < -0.39 is 0 Å². The van der Waals surface area contributed by atoms with E-state index in [0.29, 0.717) is 6.54 Å². The molecule has 0 aliphatic heterocycles. The first kappa shape index (κ1) is 12.1. The van der Waals surface area contributed by atoms with Gasteiger partial charge < -0.3 is 10.7 Å². The molecule has 0 saturated carbocycles. The fourth-order valence-corrected chi connectivity index (χ4v) is 2.04. The van der Waals surface area contributed by atoms with Crippen molar-refractivity contribution in [3.8, 4) is 11.3 Å². The number of benzene rings is 1. The minimum absolute atomic E-state index is 0.603. The number of aryl methyl sites for hydroxylation is 1. The Bertz CT molecular complexity index is 505. The third kappa shape index (κ3) is 2.68. The van der Waals surface area contributed by atoms with Crippen molar-refractivity contribution in [3.05, 3.63) is 40.8 Å². The molecule has 0 bridgehead atoms. The summed E-state index contributed by atoms with van der Waals surface area (Å²) in [4.78, 5) is 7.90. The molecule has 0 radical (unpaired) electrons. The van der Waals surface area contributed by atoms with Crippen molar-refractivity contribution in [2.24, 2.45) is 5.73 Å². The van der Waals surface area contributed by atoms with Gasteiger partial charge in [0.25, 0.3) is 0 Å². The third-order valence-electron chi connectivity index (χ3n) is 2.66. The standard InChI is InChI=1S/C13H16ClN3/c1-2-11-13(17-12(16-11)6-7-15)9-4-3-5-10(14)8-9/h3-5,8H,2,6-7,15H2,1H3,(H,16,17). The molecule has 4 heteroatoms. The number of aromatic amines is 1. The van der Waals surface area contributed by atoms with Gasteiger partial charge in [-0.05, 0) is 25.1 Å². The molecule has 1 aromatic heterocycles. The Hall–Kier alpha value is -1.32. The van der Waals surface area contributed by atoms with Crippen LogP contribution in [0, 0.1) is 0 Å². The lowest BCUT2D eigenvalue weighted by Gasteiger charge is -2.00. The molecule has 0 amide bonds. The van der Waals surface area contributed by atoms with Crippen LogP contribution in [0.25, 0.3) is 11.3 Å². The molecule has 3 N–H and O–H groups in total. The Morgan fingerprint density at radius 1 is 1.41 bits per heavy atom. The van der Waals surface area contributed by atoms with Crippen LogP contribution in [0.4, 0.5) is 0 Å². The average Bonchev–Trinajstić information content (AvgIpc) is 2.73. The number of aromatic nitrogens is 2. The van der Waals surface area contributed by atoms with Crippen LogP contribution in [0.1, 0.15) is 18.4 Å². The van der Waals surface area contributed by atoms with E-state index in [2.05, 4.69) is 16.9 Å². The summed E-state index contributed by atoms with van der Waals surface area (Å²) in [5, 5.41) is 0.730. The van der Waals surface area contributed by atoms with E-state index in [1.165, 1.54) is 0 Å². The zero-order valence-electron chi connectivity index (χ0n) is 9.83. The minimum Gasteiger partial charge on any atom is -0.345 e. The second-order valence-corrected chi connectivity index (χ2v) is 4.35. The summed E-state index contributed by atoms with van der Waals surface area (Å²) in [6, 6.07) is 7.76. The van der Waals surface area contributed by atoms with Crippen LogP contribution >= 0.6 is 11.6 Å². The second kappa shape index (κ2) is 5.34. The molecule has 0 atom stereocenters. The SMILES string of the molecule is CCc1[nH]c(CCN)nc1-c1cccc(Cl)c1. The van der Waals surface area contributed by atoms with Gasteiger partial charge in [-0.15, -0.1) is 0 Å². The molecule has 90 valence electrons. The molecule has 2 rings (SSSR count). The van der Waals surface area contributed by atoms with E-state index in [1.54, 1.807) is 0 Å². The molecule has 3 nitrogen and oxygen atoms in total. The van der Waals surface area contributed by atoms with Gasteiger partial charge in [0.05, 0.1) is 5.69 Å². The van der Waals surface area contributed by atoms with Crippen LogP contribution in [0.3, 0.4) is 0 Å². The lowest BCUT2D eigenvalue weighted by molar-refractivity contribution is 0.885. The van der Waals surface area contributed by atoms with Crippen LogP contribution in [0.5, 0.6) is 0 Å². The van der Waals surface area contributed by atoms with Gasteiger partial charge in [-0.1, -0.05) is 30.7 Å². The highest BCUT2D eigenvalue weighted by Crippen LogP contribution is 2.24. The molecular weight excluding hydrogens is 234 g/mol. The summed E-state index contributed by atoms with van der Waals surface area (Å²) in [7, 11) is 0. The maximum absolute atomic E-state index is 6.00. The topological polar surface area (TPSA) is 54.7 Å². The molecular formula is C13H16ClN3. The second-order valence-electron chi connectivity index (χ2n) is 3.91. The number of imidazole rings is 1. The van der Waals surface area contributed by atoms with Crippen molar-refractivity contribution in [2.75, 3.05) is 6.54 Å². The number of halogens is 1. The molecule has 17 heavy (non-hydrogen) atoms. The van der Waals surface area contributed by atoms with Crippen molar-refractivity contribution < 1.29 is 0 Å². The summed E-state index contributed by atoms with van der Waals surface area (Å²) in [6.07, 6.45) is 1.69. The predicted octanol–water partition coefficient (Wildman–Crippen LogP) is 2.79. The Labute approximate surface area is 106 Å². The number of rotatable bonds is 4. The summed E-state index contributed by atoms with van der Waals surface area (Å²) in [5.41, 5.74) is 8.71. The largest absolute Gasteiger partial charge is 0.345 e. The minimum atomic E-state index is 0.603. The summed E-state index contributed by atoms with van der Waals surface area (Å²) in [5.74, 6) is 0.944. The van der Waals surface area contributed by atoms with E-state index in [-0.39, 0.29) is 0 Å². The van der Waals surface area contributed by atoms with E-state index in [1.807, 2.05) is 24.3 Å². The van der Waals surface area contributed by atoms with Crippen molar-refractivity contribution in [3.63, 3.8) is 0 Å². The Balaban J connectivity index is 2.43. The van der Waals surface area contributed by atoms with Crippen LogP contribution in [-0.4, -0.2) is 16.5 Å². The molecule has 1 heterocycles. The quantitative estimate of drug-likeness (QED) is 0.876. The van der Waals surface area contributed by atoms with E-state index >= 15 is 0 Å². The number of hydrogen-bond donors (Lipinski definition) is 2. The molecule has 0 saturated heterocycles. The van der Waals surface area contributed by atoms with Crippen LogP contribution < -0.4 is 5.73 Å². The maximum atomic E-state index is 6.00. The number of H-pyrrole nitrogens is 1. The van der Waals surface area contributed by atoms with Crippen LogP contribution in [0.15, 0.2) is 24.3 Å². The fraction of sp³-hybridized carbons (Fsp3) is 0.308. The third-order valence-corrected chi connectivity index (χ3v) is 2.90. The van der Waals surface area contributed by atoms with Gasteiger partial charge in [-0.25, -0.2) is 4.98 Å². The van der Waals surface area contributed by atoms with Gasteiger partial charge in [-0.3, -0.25) is 0 Å². The highest BCUT2D eigenvalue weighted by Gasteiger charge is 2.10. The Kier molecular flexibility index (Phi) is 3.82. The average molecular weight is 250 g/mol. The molecule has 0 unspecified atom stereocenters. The normalized spacial score (nSPS) is 10.8. The molecule has 1 aromatic carbocycles. The zero-order chi connectivity index (χ0) is 12.3. The lowest BCUT2D eigenvalue weighted by atomic mass is 10.1. The van der Waals surface area contributed by atoms with Crippen molar-refractivity contribution in [1.29, 1.82) is 0 Å². The van der Waals surface area contributed by atoms with Crippen LogP contribution in [0.2, 0.25) is 5.02 Å². The monoisotopic (exact) mass is 249 g/mol. The lowest BCUT2D eigenvalue weighted by Crippen LogP contribution is -2.03. The zero-order valence-corrected chi connectivity index (χ0v) is 10.6. The molecule has 0 aliphatic rings. The molecule has 0 fully saturated rings. The summed E-state index contributed by atoms with van der Waals surface area (Å²) < 4.78 is 0. The first-order valence-electron chi connectivity index (χ1n) is 5.78. The molecule has 0 spiro atoms. The maximum Gasteiger partial charge on any atom is 0.108 e. The number of nitrogens with zero attached hydrogens (tertiary/aromatic N) is 1. The first-order valence-corrected chi connectivity index (χ1v) is 6.16. The van der Waals surface area contributed by atoms with Gasteiger partial charge in [0.2, 0.25) is 0 Å². The van der Waals surface area contributed by atoms with Crippen molar-refractivity contribution >= 4 is 11.6 Å². The van der Waals surface area contributed by atoms with E-state index in [4.69, 9.17) is 17.3 Å².